The van der Waals surface area contributed by atoms with Gasteiger partial charge in [0, 0.05) is 13.7 Å². The van der Waals surface area contributed by atoms with Crippen molar-refractivity contribution in [2.24, 2.45) is 0 Å². The summed E-state index contributed by atoms with van der Waals surface area (Å²) in [5.74, 6) is 2.04. The third kappa shape index (κ3) is 4.22. The number of aryl methyl sites for hydroxylation is 2. The number of carbonyl (C=O) groups is 1. The molecule has 1 N–H and O–H groups in total. The number of nitrogens with one attached hydrogen (secondary N) is 1. The van der Waals surface area contributed by atoms with E-state index in [0.717, 1.165) is 30.6 Å². The SMILES string of the molecule is COCc1nc([C@@H]2CCCCN2C(=O)COc2ccc(C)cc2C)n[nH]1. The van der Waals surface area contributed by atoms with Gasteiger partial charge in [-0.05, 0) is 44.7 Å². The molecule has 3 rings (SSSR count). The van der Waals surface area contributed by atoms with E-state index in [4.69, 9.17) is 9.47 Å². The van der Waals surface area contributed by atoms with Crippen LogP contribution >= 0.6 is 0 Å². The molecule has 2 heterocycles. The summed E-state index contributed by atoms with van der Waals surface area (Å²) in [6, 6.07) is 5.84. The molecule has 0 unspecified atom stereocenters. The average molecular weight is 358 g/mol. The fraction of sp³-hybridized carbons (Fsp3) is 0.526. The number of ether oxygens (including phenoxy) is 2. The van der Waals surface area contributed by atoms with E-state index in [1.54, 1.807) is 7.11 Å². The summed E-state index contributed by atoms with van der Waals surface area (Å²) in [5, 5.41) is 7.16. The lowest BCUT2D eigenvalue weighted by Gasteiger charge is -2.34. The second-order valence-electron chi connectivity index (χ2n) is 6.73. The molecule has 0 radical (unpaired) electrons. The van der Waals surface area contributed by atoms with E-state index in [1.165, 1.54) is 5.56 Å². The molecular formula is C19H26N4O3. The highest BCUT2D eigenvalue weighted by molar-refractivity contribution is 5.78. The van der Waals surface area contributed by atoms with E-state index in [1.807, 2.05) is 30.9 Å². The van der Waals surface area contributed by atoms with Crippen molar-refractivity contribution < 1.29 is 14.3 Å². The molecule has 140 valence electrons. The molecule has 1 aliphatic rings. The Labute approximate surface area is 153 Å². The number of aromatic amines is 1. The Bertz CT molecular complexity index is 759. The maximum Gasteiger partial charge on any atom is 0.261 e. The topological polar surface area (TPSA) is 80.3 Å². The third-order valence-electron chi connectivity index (χ3n) is 4.63. The number of methoxy groups -OCH3 is 1. The van der Waals surface area contributed by atoms with E-state index in [-0.39, 0.29) is 18.6 Å². The number of hydrogen-bond donors (Lipinski definition) is 1. The number of likely N-dealkylation sites (tertiary alicyclic amines) is 1. The fourth-order valence-corrected chi connectivity index (χ4v) is 3.34. The molecule has 1 aromatic heterocycles. The summed E-state index contributed by atoms with van der Waals surface area (Å²) >= 11 is 0. The summed E-state index contributed by atoms with van der Waals surface area (Å²) in [4.78, 5) is 19.1. The van der Waals surface area contributed by atoms with Crippen LogP contribution in [0, 0.1) is 13.8 Å². The maximum atomic E-state index is 12.8. The Morgan fingerprint density at radius 1 is 1.35 bits per heavy atom. The summed E-state index contributed by atoms with van der Waals surface area (Å²) in [6.07, 6.45) is 2.90. The zero-order valence-corrected chi connectivity index (χ0v) is 15.6. The van der Waals surface area contributed by atoms with Crippen molar-refractivity contribution in [2.75, 3.05) is 20.3 Å². The predicted molar refractivity (Wildman–Crippen MR) is 96.8 cm³/mol. The smallest absolute Gasteiger partial charge is 0.261 e. The third-order valence-corrected chi connectivity index (χ3v) is 4.63. The molecule has 7 heteroatoms. The van der Waals surface area contributed by atoms with Crippen LogP contribution in [0.4, 0.5) is 0 Å². The molecule has 1 atom stereocenters. The van der Waals surface area contributed by atoms with E-state index in [9.17, 15) is 4.79 Å². The minimum Gasteiger partial charge on any atom is -0.483 e. The van der Waals surface area contributed by atoms with Crippen molar-refractivity contribution in [1.82, 2.24) is 20.1 Å². The number of piperidine rings is 1. The molecule has 0 saturated carbocycles. The minimum absolute atomic E-state index is 0.0236. The van der Waals surface area contributed by atoms with E-state index in [2.05, 4.69) is 21.2 Å². The van der Waals surface area contributed by atoms with Gasteiger partial charge in [0.25, 0.3) is 5.91 Å². The first-order valence-corrected chi connectivity index (χ1v) is 8.98. The molecule has 0 bridgehead atoms. The quantitative estimate of drug-likeness (QED) is 0.859. The van der Waals surface area contributed by atoms with Crippen LogP contribution < -0.4 is 4.74 Å². The molecule has 0 aliphatic carbocycles. The van der Waals surface area contributed by atoms with Gasteiger partial charge in [-0.15, -0.1) is 0 Å². The first-order valence-electron chi connectivity index (χ1n) is 8.98. The van der Waals surface area contributed by atoms with Crippen molar-refractivity contribution in [2.45, 2.75) is 45.8 Å². The van der Waals surface area contributed by atoms with Crippen LogP contribution in [0.25, 0.3) is 0 Å². The van der Waals surface area contributed by atoms with Crippen molar-refractivity contribution in [3.05, 3.63) is 41.0 Å². The van der Waals surface area contributed by atoms with Crippen LogP contribution in [0.1, 0.15) is 48.1 Å². The lowest BCUT2D eigenvalue weighted by molar-refractivity contribution is -0.137. The number of nitrogens with zero attached hydrogens (tertiary/aromatic N) is 3. The summed E-state index contributed by atoms with van der Waals surface area (Å²) in [5.41, 5.74) is 2.21. The largest absolute Gasteiger partial charge is 0.483 e. The maximum absolute atomic E-state index is 12.8. The van der Waals surface area contributed by atoms with Crippen molar-refractivity contribution in [1.29, 1.82) is 0 Å². The van der Waals surface area contributed by atoms with Crippen LogP contribution in [0.2, 0.25) is 0 Å². The van der Waals surface area contributed by atoms with Gasteiger partial charge in [0.1, 0.15) is 12.4 Å². The highest BCUT2D eigenvalue weighted by Crippen LogP contribution is 2.29. The number of benzene rings is 1. The molecule has 26 heavy (non-hydrogen) atoms. The number of amides is 1. The van der Waals surface area contributed by atoms with Crippen molar-refractivity contribution in [3.8, 4) is 5.75 Å². The van der Waals surface area contributed by atoms with Gasteiger partial charge in [-0.1, -0.05) is 17.7 Å². The summed E-state index contributed by atoms with van der Waals surface area (Å²) < 4.78 is 10.9. The zero-order valence-electron chi connectivity index (χ0n) is 15.6. The van der Waals surface area contributed by atoms with Gasteiger partial charge in [0.05, 0.1) is 6.04 Å². The Balaban J connectivity index is 1.67. The van der Waals surface area contributed by atoms with Gasteiger partial charge in [-0.2, -0.15) is 5.10 Å². The van der Waals surface area contributed by atoms with Gasteiger partial charge in [0.2, 0.25) is 0 Å². The Morgan fingerprint density at radius 3 is 2.96 bits per heavy atom. The number of rotatable bonds is 6. The standard InChI is InChI=1S/C19H26N4O3/c1-13-7-8-16(14(2)10-13)26-12-18(24)23-9-5-4-6-15(23)19-20-17(11-25-3)21-22-19/h7-8,10,15H,4-6,9,11-12H2,1-3H3,(H,20,21,22)/t15-/m0/s1. The molecular weight excluding hydrogens is 332 g/mol. The lowest BCUT2D eigenvalue weighted by Crippen LogP contribution is -2.41. The Hall–Kier alpha value is -2.41. The van der Waals surface area contributed by atoms with Crippen LogP contribution in [-0.2, 0) is 16.1 Å². The number of carbonyl (C=O) groups excluding carboxylic acids is 1. The van der Waals surface area contributed by atoms with Crippen molar-refractivity contribution >= 4 is 5.91 Å². The number of H-pyrrole nitrogens is 1. The summed E-state index contributed by atoms with van der Waals surface area (Å²) in [6.45, 7) is 5.13. The number of hydrogen-bond acceptors (Lipinski definition) is 5. The number of aromatic nitrogens is 3. The molecule has 0 spiro atoms. The first-order chi connectivity index (χ1) is 12.6. The van der Waals surface area contributed by atoms with Gasteiger partial charge in [-0.3, -0.25) is 9.89 Å². The normalized spacial score (nSPS) is 17.3. The molecule has 2 aromatic rings. The molecule has 7 nitrogen and oxygen atoms in total. The Kier molecular flexibility index (Phi) is 5.88. The van der Waals surface area contributed by atoms with Gasteiger partial charge < -0.3 is 14.4 Å². The highest BCUT2D eigenvalue weighted by atomic mass is 16.5. The van der Waals surface area contributed by atoms with Gasteiger partial charge in [-0.25, -0.2) is 4.98 Å². The predicted octanol–water partition coefficient (Wildman–Crippen LogP) is 2.70. The van der Waals surface area contributed by atoms with Gasteiger partial charge >= 0.3 is 0 Å². The van der Waals surface area contributed by atoms with E-state index in [0.29, 0.717) is 24.8 Å². The fourth-order valence-electron chi connectivity index (χ4n) is 3.34. The molecule has 1 aromatic carbocycles. The van der Waals surface area contributed by atoms with Crippen molar-refractivity contribution in [3.63, 3.8) is 0 Å². The highest BCUT2D eigenvalue weighted by Gasteiger charge is 2.31. The van der Waals surface area contributed by atoms with Crippen LogP contribution in [0.15, 0.2) is 18.2 Å². The molecule has 1 amide bonds. The second-order valence-corrected chi connectivity index (χ2v) is 6.73. The Morgan fingerprint density at radius 2 is 2.19 bits per heavy atom. The van der Waals surface area contributed by atoms with Crippen LogP contribution in [-0.4, -0.2) is 46.2 Å². The average Bonchev–Trinajstić information content (AvgIpc) is 3.09. The lowest BCUT2D eigenvalue weighted by atomic mass is 10.0. The zero-order chi connectivity index (χ0) is 18.5. The summed E-state index contributed by atoms with van der Waals surface area (Å²) in [7, 11) is 1.61. The molecule has 1 fully saturated rings. The first kappa shape index (κ1) is 18.4. The monoisotopic (exact) mass is 358 g/mol. The second kappa shape index (κ2) is 8.31. The van der Waals surface area contributed by atoms with Gasteiger partial charge in [0.15, 0.2) is 18.3 Å². The van der Waals surface area contributed by atoms with Crippen LogP contribution in [0.3, 0.4) is 0 Å². The van der Waals surface area contributed by atoms with Crippen LogP contribution in [0.5, 0.6) is 5.75 Å². The molecule has 1 saturated heterocycles. The molecule has 1 aliphatic heterocycles. The minimum atomic E-state index is -0.110. The van der Waals surface area contributed by atoms with E-state index >= 15 is 0 Å². The van der Waals surface area contributed by atoms with E-state index < -0.39 is 0 Å².